The van der Waals surface area contributed by atoms with E-state index < -0.39 is 0 Å². The van der Waals surface area contributed by atoms with Crippen molar-refractivity contribution >= 4 is 22.7 Å². The summed E-state index contributed by atoms with van der Waals surface area (Å²) in [6.45, 7) is 0.575. The highest BCUT2D eigenvalue weighted by molar-refractivity contribution is 5.77. The number of hydrogen-bond donors (Lipinski definition) is 1. The SMILES string of the molecule is Cn1cnc2cnc(Nc3cnc(C#N)c(OCC4CCCCC4)n3)cc21. The Balaban J connectivity index is 1.51. The van der Waals surface area contributed by atoms with Crippen molar-refractivity contribution in [1.82, 2.24) is 24.5 Å². The molecule has 0 aromatic carbocycles. The lowest BCUT2D eigenvalue weighted by molar-refractivity contribution is 0.202. The lowest BCUT2D eigenvalue weighted by atomic mass is 9.90. The van der Waals surface area contributed by atoms with Gasteiger partial charge in [-0.25, -0.2) is 15.0 Å². The van der Waals surface area contributed by atoms with Crippen LogP contribution in [-0.2, 0) is 7.05 Å². The van der Waals surface area contributed by atoms with E-state index in [2.05, 4.69) is 25.3 Å². The Morgan fingerprint density at radius 3 is 2.85 bits per heavy atom. The van der Waals surface area contributed by atoms with Gasteiger partial charge in [-0.05, 0) is 18.8 Å². The quantitative estimate of drug-likeness (QED) is 0.742. The number of nitriles is 1. The van der Waals surface area contributed by atoms with Crippen LogP contribution >= 0.6 is 0 Å². The molecule has 1 N–H and O–H groups in total. The fourth-order valence-corrected chi connectivity index (χ4v) is 3.39. The van der Waals surface area contributed by atoms with E-state index in [0.717, 1.165) is 11.0 Å². The summed E-state index contributed by atoms with van der Waals surface area (Å²) < 4.78 is 7.77. The van der Waals surface area contributed by atoms with E-state index in [-0.39, 0.29) is 11.6 Å². The van der Waals surface area contributed by atoms with Gasteiger partial charge >= 0.3 is 0 Å². The Bertz CT molecular complexity index is 985. The van der Waals surface area contributed by atoms with Crippen LogP contribution in [0.5, 0.6) is 5.88 Å². The van der Waals surface area contributed by atoms with Crippen LogP contribution < -0.4 is 10.1 Å². The third-order valence-corrected chi connectivity index (χ3v) is 4.89. The molecule has 1 aliphatic carbocycles. The Morgan fingerprint density at radius 1 is 1.19 bits per heavy atom. The van der Waals surface area contributed by atoms with E-state index in [1.807, 2.05) is 23.8 Å². The third-order valence-electron chi connectivity index (χ3n) is 4.89. The summed E-state index contributed by atoms with van der Waals surface area (Å²) in [7, 11) is 1.93. The van der Waals surface area contributed by atoms with E-state index in [1.165, 1.54) is 38.3 Å². The summed E-state index contributed by atoms with van der Waals surface area (Å²) >= 11 is 0. The van der Waals surface area contributed by atoms with Gasteiger partial charge in [0.25, 0.3) is 5.88 Å². The van der Waals surface area contributed by atoms with Crippen LogP contribution in [0.3, 0.4) is 0 Å². The predicted molar refractivity (Wildman–Crippen MR) is 101 cm³/mol. The number of nitrogens with one attached hydrogen (secondary N) is 1. The van der Waals surface area contributed by atoms with Crippen molar-refractivity contribution in [2.45, 2.75) is 32.1 Å². The van der Waals surface area contributed by atoms with Crippen molar-refractivity contribution < 1.29 is 4.74 Å². The molecule has 8 nitrogen and oxygen atoms in total. The van der Waals surface area contributed by atoms with Gasteiger partial charge in [0.1, 0.15) is 17.4 Å². The highest BCUT2D eigenvalue weighted by Crippen LogP contribution is 2.25. The Hall–Kier alpha value is -3.21. The first-order chi connectivity index (χ1) is 13.2. The molecule has 3 heterocycles. The molecule has 27 heavy (non-hydrogen) atoms. The van der Waals surface area contributed by atoms with E-state index in [9.17, 15) is 5.26 Å². The largest absolute Gasteiger partial charge is 0.475 e. The molecule has 1 saturated carbocycles. The minimum absolute atomic E-state index is 0.200. The molecule has 8 heteroatoms. The average Bonchev–Trinajstić information content (AvgIpc) is 3.08. The second kappa shape index (κ2) is 7.58. The standard InChI is InChI=1S/C19H21N7O/c1-26-12-23-15-9-22-17(7-16(15)26)24-18-10-21-14(8-20)19(25-18)27-11-13-5-3-2-4-6-13/h7,9-10,12-13H,2-6,11H2,1H3,(H,22,24,25). The first kappa shape index (κ1) is 17.2. The van der Waals surface area contributed by atoms with Crippen LogP contribution in [0.1, 0.15) is 37.8 Å². The molecule has 0 aliphatic heterocycles. The number of anilines is 2. The molecule has 0 spiro atoms. The van der Waals surface area contributed by atoms with Crippen molar-refractivity contribution in [2.75, 3.05) is 11.9 Å². The summed E-state index contributed by atoms with van der Waals surface area (Å²) in [6, 6.07) is 3.94. The minimum atomic E-state index is 0.200. The monoisotopic (exact) mass is 363 g/mol. The fourth-order valence-electron chi connectivity index (χ4n) is 3.39. The zero-order valence-electron chi connectivity index (χ0n) is 15.2. The zero-order valence-corrected chi connectivity index (χ0v) is 15.2. The molecule has 0 unspecified atom stereocenters. The summed E-state index contributed by atoms with van der Waals surface area (Å²) in [5.74, 6) is 1.91. The van der Waals surface area contributed by atoms with Gasteiger partial charge in [0.2, 0.25) is 5.69 Å². The second-order valence-corrected chi connectivity index (χ2v) is 6.87. The van der Waals surface area contributed by atoms with Crippen molar-refractivity contribution in [3.05, 3.63) is 30.5 Å². The summed E-state index contributed by atoms with van der Waals surface area (Å²) in [4.78, 5) is 17.2. The van der Waals surface area contributed by atoms with Gasteiger partial charge in [0.05, 0.1) is 30.8 Å². The lowest BCUT2D eigenvalue weighted by Crippen LogP contribution is -2.16. The van der Waals surface area contributed by atoms with Crippen LogP contribution in [0.4, 0.5) is 11.6 Å². The van der Waals surface area contributed by atoms with Crippen LogP contribution in [0.2, 0.25) is 0 Å². The van der Waals surface area contributed by atoms with Gasteiger partial charge in [0.15, 0.2) is 5.82 Å². The molecule has 3 aromatic rings. The van der Waals surface area contributed by atoms with Crippen molar-refractivity contribution in [2.24, 2.45) is 13.0 Å². The molecule has 1 aliphatic rings. The summed E-state index contributed by atoms with van der Waals surface area (Å²) in [5, 5.41) is 12.4. The van der Waals surface area contributed by atoms with Gasteiger partial charge in [-0.3, -0.25) is 0 Å². The molecular formula is C19H21N7O. The molecule has 1 fully saturated rings. The summed E-state index contributed by atoms with van der Waals surface area (Å²) in [6.07, 6.45) is 11.1. The van der Waals surface area contributed by atoms with E-state index in [0.29, 0.717) is 24.2 Å². The molecule has 0 atom stereocenters. The molecule has 0 saturated heterocycles. The maximum Gasteiger partial charge on any atom is 0.253 e. The zero-order chi connectivity index (χ0) is 18.6. The first-order valence-electron chi connectivity index (χ1n) is 9.17. The molecular weight excluding hydrogens is 342 g/mol. The van der Waals surface area contributed by atoms with Gasteiger partial charge in [0, 0.05) is 13.1 Å². The van der Waals surface area contributed by atoms with Crippen LogP contribution in [0.15, 0.2) is 24.8 Å². The van der Waals surface area contributed by atoms with Crippen LogP contribution in [-0.4, -0.2) is 31.1 Å². The number of fused-ring (bicyclic) bond motifs is 1. The molecule has 138 valence electrons. The Morgan fingerprint density at radius 2 is 2.04 bits per heavy atom. The van der Waals surface area contributed by atoms with Crippen molar-refractivity contribution in [3.8, 4) is 11.9 Å². The number of hydrogen-bond acceptors (Lipinski definition) is 7. The number of aromatic nitrogens is 5. The minimum Gasteiger partial charge on any atom is -0.475 e. The van der Waals surface area contributed by atoms with E-state index in [4.69, 9.17) is 4.74 Å². The number of ether oxygens (including phenoxy) is 1. The number of nitrogens with zero attached hydrogens (tertiary/aromatic N) is 6. The predicted octanol–water partition coefficient (Wildman–Crippen LogP) is 3.33. The van der Waals surface area contributed by atoms with Crippen molar-refractivity contribution in [1.29, 1.82) is 5.26 Å². The Labute approximate surface area is 157 Å². The molecule has 0 radical (unpaired) electrons. The number of pyridine rings is 1. The number of rotatable bonds is 5. The van der Waals surface area contributed by atoms with Crippen LogP contribution in [0.25, 0.3) is 11.0 Å². The highest BCUT2D eigenvalue weighted by Gasteiger charge is 2.16. The van der Waals surface area contributed by atoms with E-state index in [1.54, 1.807) is 12.5 Å². The molecule has 3 aromatic heterocycles. The normalized spacial score (nSPS) is 14.8. The third kappa shape index (κ3) is 3.82. The molecule has 0 bridgehead atoms. The topological polar surface area (TPSA) is 102 Å². The maximum atomic E-state index is 9.29. The first-order valence-corrected chi connectivity index (χ1v) is 9.17. The fraction of sp³-hybridized carbons (Fsp3) is 0.421. The molecule has 0 amide bonds. The highest BCUT2D eigenvalue weighted by atomic mass is 16.5. The number of aryl methyl sites for hydroxylation is 1. The van der Waals surface area contributed by atoms with E-state index >= 15 is 0 Å². The van der Waals surface area contributed by atoms with Gasteiger partial charge in [-0.2, -0.15) is 10.2 Å². The van der Waals surface area contributed by atoms with Gasteiger partial charge in [-0.1, -0.05) is 19.3 Å². The maximum absolute atomic E-state index is 9.29. The average molecular weight is 363 g/mol. The van der Waals surface area contributed by atoms with Crippen molar-refractivity contribution in [3.63, 3.8) is 0 Å². The lowest BCUT2D eigenvalue weighted by Gasteiger charge is -2.21. The number of imidazole rings is 1. The molecule has 4 rings (SSSR count). The van der Waals surface area contributed by atoms with Gasteiger partial charge < -0.3 is 14.6 Å². The van der Waals surface area contributed by atoms with Crippen LogP contribution in [0, 0.1) is 17.2 Å². The second-order valence-electron chi connectivity index (χ2n) is 6.87. The van der Waals surface area contributed by atoms with Gasteiger partial charge in [-0.15, -0.1) is 0 Å². The summed E-state index contributed by atoms with van der Waals surface area (Å²) in [5.41, 5.74) is 1.99. The smallest absolute Gasteiger partial charge is 0.253 e. The Kier molecular flexibility index (Phi) is 4.83.